The van der Waals surface area contributed by atoms with E-state index < -0.39 is 11.8 Å². The van der Waals surface area contributed by atoms with Crippen LogP contribution in [-0.2, 0) is 9.59 Å². The summed E-state index contributed by atoms with van der Waals surface area (Å²) in [7, 11) is 0. The first-order chi connectivity index (χ1) is 13.0. The van der Waals surface area contributed by atoms with E-state index in [0.29, 0.717) is 40.8 Å². The fourth-order valence-corrected chi connectivity index (χ4v) is 4.59. The van der Waals surface area contributed by atoms with E-state index in [1.807, 2.05) is 4.90 Å². The van der Waals surface area contributed by atoms with Crippen molar-refractivity contribution in [2.45, 2.75) is 51.5 Å². The molecule has 0 radical (unpaired) electrons. The highest BCUT2D eigenvalue weighted by Gasteiger charge is 2.38. The standard InChI is InChI=1S/C19H26N6O2/c1-11-6-7-15(12-4-2-3-5-12)25(10-11)19(27)18(26)23-14-9-21-17(20)13-8-22-24-16(13)14/h8-9,11-12,15H,2-7,10H2,1H3,(H2,20,21)(H,22,24)(H,23,26). The molecule has 1 saturated carbocycles. The number of nitrogen functional groups attached to an aromatic ring is 1. The average Bonchev–Trinajstić information content (AvgIpc) is 3.35. The molecule has 2 unspecified atom stereocenters. The molecular weight excluding hydrogens is 344 g/mol. The zero-order chi connectivity index (χ0) is 19.0. The Morgan fingerprint density at radius 2 is 2.00 bits per heavy atom. The van der Waals surface area contributed by atoms with Gasteiger partial charge in [0.25, 0.3) is 0 Å². The number of carbonyl (C=O) groups is 2. The number of nitrogens with two attached hydrogens (primary N) is 1. The topological polar surface area (TPSA) is 117 Å². The first-order valence-electron chi connectivity index (χ1n) is 9.74. The SMILES string of the molecule is CC1CCC(C2CCCC2)N(C(=O)C(=O)Nc2cnc(N)c3cn[nH]c23)C1. The normalized spacial score (nSPS) is 23.7. The molecular formula is C19H26N6O2. The van der Waals surface area contributed by atoms with E-state index in [1.165, 1.54) is 19.0 Å². The largest absolute Gasteiger partial charge is 0.383 e. The smallest absolute Gasteiger partial charge is 0.314 e. The van der Waals surface area contributed by atoms with E-state index in [1.54, 1.807) is 6.20 Å². The van der Waals surface area contributed by atoms with Crippen LogP contribution in [0, 0.1) is 11.8 Å². The van der Waals surface area contributed by atoms with Gasteiger partial charge in [-0.05, 0) is 37.5 Å². The molecule has 3 heterocycles. The number of carbonyl (C=O) groups excluding carboxylic acids is 2. The number of amides is 2. The average molecular weight is 370 g/mol. The minimum Gasteiger partial charge on any atom is -0.383 e. The number of hydrogen-bond acceptors (Lipinski definition) is 5. The van der Waals surface area contributed by atoms with Gasteiger partial charge in [0, 0.05) is 12.6 Å². The van der Waals surface area contributed by atoms with E-state index in [-0.39, 0.29) is 6.04 Å². The van der Waals surface area contributed by atoms with Crippen molar-refractivity contribution in [3.63, 3.8) is 0 Å². The maximum atomic E-state index is 13.0. The molecule has 1 aliphatic heterocycles. The first-order valence-corrected chi connectivity index (χ1v) is 9.74. The highest BCUT2D eigenvalue weighted by molar-refractivity contribution is 6.40. The zero-order valence-electron chi connectivity index (χ0n) is 15.6. The lowest BCUT2D eigenvalue weighted by Gasteiger charge is -2.41. The lowest BCUT2D eigenvalue weighted by molar-refractivity contribution is -0.147. The zero-order valence-corrected chi connectivity index (χ0v) is 15.6. The lowest BCUT2D eigenvalue weighted by atomic mass is 9.85. The molecule has 2 aromatic heterocycles. The molecule has 4 rings (SSSR count). The van der Waals surface area contributed by atoms with E-state index in [2.05, 4.69) is 27.4 Å². The first kappa shape index (κ1) is 17.8. The predicted molar refractivity (Wildman–Crippen MR) is 103 cm³/mol. The third-order valence-corrected chi connectivity index (χ3v) is 6.03. The Balaban J connectivity index is 1.53. The molecule has 0 spiro atoms. The van der Waals surface area contributed by atoms with Crippen molar-refractivity contribution >= 4 is 34.2 Å². The molecule has 2 amide bonds. The highest BCUT2D eigenvalue weighted by atomic mass is 16.2. The van der Waals surface area contributed by atoms with Crippen LogP contribution < -0.4 is 11.1 Å². The molecule has 2 atom stereocenters. The summed E-state index contributed by atoms with van der Waals surface area (Å²) in [5.41, 5.74) is 6.81. The second kappa shape index (κ2) is 7.17. The van der Waals surface area contributed by atoms with Crippen LogP contribution in [0.4, 0.5) is 11.5 Å². The van der Waals surface area contributed by atoms with Crippen LogP contribution in [0.25, 0.3) is 10.9 Å². The van der Waals surface area contributed by atoms with Crippen molar-refractivity contribution in [2.24, 2.45) is 11.8 Å². The van der Waals surface area contributed by atoms with Gasteiger partial charge in [-0.3, -0.25) is 14.7 Å². The number of likely N-dealkylation sites (tertiary alicyclic amines) is 1. The monoisotopic (exact) mass is 370 g/mol. The number of pyridine rings is 1. The van der Waals surface area contributed by atoms with Crippen LogP contribution in [0.1, 0.15) is 45.4 Å². The summed E-state index contributed by atoms with van der Waals surface area (Å²) >= 11 is 0. The van der Waals surface area contributed by atoms with Crippen molar-refractivity contribution < 1.29 is 9.59 Å². The molecule has 2 aliphatic rings. The minimum atomic E-state index is -0.630. The minimum absolute atomic E-state index is 0.179. The van der Waals surface area contributed by atoms with Crippen molar-refractivity contribution in [1.82, 2.24) is 20.1 Å². The molecule has 8 heteroatoms. The third-order valence-electron chi connectivity index (χ3n) is 6.03. The molecule has 0 aromatic carbocycles. The van der Waals surface area contributed by atoms with Crippen molar-refractivity contribution in [1.29, 1.82) is 0 Å². The van der Waals surface area contributed by atoms with Gasteiger partial charge in [-0.2, -0.15) is 5.10 Å². The van der Waals surface area contributed by atoms with Crippen molar-refractivity contribution in [3.05, 3.63) is 12.4 Å². The summed E-state index contributed by atoms with van der Waals surface area (Å²) in [4.78, 5) is 31.6. The molecule has 27 heavy (non-hydrogen) atoms. The van der Waals surface area contributed by atoms with Gasteiger partial charge in [-0.1, -0.05) is 19.8 Å². The van der Waals surface area contributed by atoms with Gasteiger partial charge in [0.2, 0.25) is 0 Å². The molecule has 0 bridgehead atoms. The number of hydrogen-bond donors (Lipinski definition) is 3. The van der Waals surface area contributed by atoms with Gasteiger partial charge >= 0.3 is 11.8 Å². The fraction of sp³-hybridized carbons (Fsp3) is 0.579. The maximum Gasteiger partial charge on any atom is 0.314 e. The van der Waals surface area contributed by atoms with Gasteiger partial charge in [-0.25, -0.2) is 4.98 Å². The predicted octanol–water partition coefficient (Wildman–Crippen LogP) is 2.30. The third kappa shape index (κ3) is 3.36. The van der Waals surface area contributed by atoms with Gasteiger partial charge in [0.05, 0.1) is 29.0 Å². The number of nitrogens with one attached hydrogen (secondary N) is 2. The highest BCUT2D eigenvalue weighted by Crippen LogP contribution is 2.36. The number of fused-ring (bicyclic) bond motifs is 1. The van der Waals surface area contributed by atoms with Gasteiger partial charge in [0.1, 0.15) is 5.82 Å². The number of anilines is 2. The fourth-order valence-electron chi connectivity index (χ4n) is 4.59. The molecule has 2 fully saturated rings. The number of nitrogens with zero attached hydrogens (tertiary/aromatic N) is 3. The van der Waals surface area contributed by atoms with E-state index >= 15 is 0 Å². The molecule has 1 saturated heterocycles. The molecule has 8 nitrogen and oxygen atoms in total. The number of H-pyrrole nitrogens is 1. The van der Waals surface area contributed by atoms with Crippen LogP contribution in [0.3, 0.4) is 0 Å². The Bertz CT molecular complexity index is 857. The van der Waals surface area contributed by atoms with Crippen LogP contribution >= 0.6 is 0 Å². The Morgan fingerprint density at radius 3 is 2.78 bits per heavy atom. The van der Waals surface area contributed by atoms with Gasteiger partial charge in [-0.15, -0.1) is 0 Å². The summed E-state index contributed by atoms with van der Waals surface area (Å²) in [5.74, 6) is 0.176. The Morgan fingerprint density at radius 1 is 1.22 bits per heavy atom. The van der Waals surface area contributed by atoms with Crippen molar-refractivity contribution in [3.8, 4) is 0 Å². The summed E-state index contributed by atoms with van der Waals surface area (Å²) in [5, 5.41) is 10.1. The maximum absolute atomic E-state index is 13.0. The van der Waals surface area contributed by atoms with Gasteiger partial charge in [0.15, 0.2) is 0 Å². The second-order valence-electron chi connectivity index (χ2n) is 7.92. The van der Waals surface area contributed by atoms with Crippen LogP contribution in [0.2, 0.25) is 0 Å². The molecule has 2 aromatic rings. The van der Waals surface area contributed by atoms with E-state index in [9.17, 15) is 9.59 Å². The van der Waals surface area contributed by atoms with Crippen molar-refractivity contribution in [2.75, 3.05) is 17.6 Å². The molecule has 1 aliphatic carbocycles. The Hall–Kier alpha value is -2.64. The van der Waals surface area contributed by atoms with Crippen LogP contribution in [0.15, 0.2) is 12.4 Å². The van der Waals surface area contributed by atoms with E-state index in [4.69, 9.17) is 5.73 Å². The number of aromatic nitrogens is 3. The second-order valence-corrected chi connectivity index (χ2v) is 7.92. The molecule has 144 valence electrons. The quantitative estimate of drug-likeness (QED) is 0.701. The lowest BCUT2D eigenvalue weighted by Crippen LogP contribution is -2.52. The van der Waals surface area contributed by atoms with Crippen LogP contribution in [0.5, 0.6) is 0 Å². The summed E-state index contributed by atoms with van der Waals surface area (Å²) in [6, 6.07) is 0.179. The summed E-state index contributed by atoms with van der Waals surface area (Å²) in [6.45, 7) is 2.79. The summed E-state index contributed by atoms with van der Waals surface area (Å²) in [6.07, 6.45) is 9.86. The summed E-state index contributed by atoms with van der Waals surface area (Å²) < 4.78 is 0. The molecule has 4 N–H and O–H groups in total. The van der Waals surface area contributed by atoms with Gasteiger partial charge < -0.3 is 16.0 Å². The Kier molecular flexibility index (Phi) is 4.72. The van der Waals surface area contributed by atoms with Crippen LogP contribution in [-0.4, -0.2) is 44.5 Å². The number of piperidine rings is 1. The van der Waals surface area contributed by atoms with E-state index in [0.717, 1.165) is 25.7 Å². The number of aromatic amines is 1. The number of rotatable bonds is 2. The Labute approximate surface area is 157 Å².